The number of piperidine rings is 1. The van der Waals surface area contributed by atoms with Crippen LogP contribution in [0.3, 0.4) is 0 Å². The molecule has 1 aliphatic heterocycles. The van der Waals surface area contributed by atoms with Crippen molar-refractivity contribution in [1.29, 1.82) is 0 Å². The van der Waals surface area contributed by atoms with E-state index < -0.39 is 16.2 Å². The third kappa shape index (κ3) is 3.44. The average molecular weight is 236 g/mol. The van der Waals surface area contributed by atoms with Crippen LogP contribution in [0.1, 0.15) is 25.7 Å². The summed E-state index contributed by atoms with van der Waals surface area (Å²) >= 11 is 0. The normalized spacial score (nSPS) is 23.7. The van der Waals surface area contributed by atoms with Crippen molar-refractivity contribution < 1.29 is 17.9 Å². The highest BCUT2D eigenvalue weighted by Gasteiger charge is 2.31. The first-order valence-corrected chi connectivity index (χ1v) is 6.32. The number of nitrogens with two attached hydrogens (primary N) is 1. The zero-order valence-electron chi connectivity index (χ0n) is 8.68. The van der Waals surface area contributed by atoms with Crippen molar-refractivity contribution in [2.24, 2.45) is 5.14 Å². The first kappa shape index (κ1) is 12.4. The Hall–Kier alpha value is -0.660. The third-order valence-electron chi connectivity index (χ3n) is 2.53. The first-order valence-electron chi connectivity index (χ1n) is 4.81. The zero-order valence-corrected chi connectivity index (χ0v) is 9.50. The van der Waals surface area contributed by atoms with Crippen LogP contribution < -0.4 is 5.14 Å². The molecule has 1 heterocycles. The number of carbonyl (C=O) groups excluding carboxylic acids is 1. The molecule has 1 aliphatic rings. The molecule has 0 aromatic heterocycles. The molecule has 0 saturated carbocycles. The molecule has 0 bridgehead atoms. The molecule has 0 radical (unpaired) electrons. The number of hydrogen-bond donors (Lipinski definition) is 1. The second-order valence-electron chi connectivity index (χ2n) is 3.59. The highest BCUT2D eigenvalue weighted by atomic mass is 32.2. The minimum Gasteiger partial charge on any atom is -0.469 e. The van der Waals surface area contributed by atoms with Gasteiger partial charge in [-0.2, -0.15) is 12.7 Å². The predicted molar refractivity (Wildman–Crippen MR) is 54.1 cm³/mol. The van der Waals surface area contributed by atoms with Crippen molar-refractivity contribution in [3.05, 3.63) is 0 Å². The largest absolute Gasteiger partial charge is 0.469 e. The molecule has 0 aromatic rings. The van der Waals surface area contributed by atoms with Gasteiger partial charge in [0.2, 0.25) is 0 Å². The van der Waals surface area contributed by atoms with E-state index in [1.54, 1.807) is 0 Å². The van der Waals surface area contributed by atoms with Gasteiger partial charge in [0.15, 0.2) is 0 Å². The van der Waals surface area contributed by atoms with E-state index in [2.05, 4.69) is 4.74 Å². The number of hydrogen-bond acceptors (Lipinski definition) is 4. The first-order chi connectivity index (χ1) is 6.95. The van der Waals surface area contributed by atoms with Crippen LogP contribution in [0.15, 0.2) is 0 Å². The van der Waals surface area contributed by atoms with E-state index >= 15 is 0 Å². The number of methoxy groups -OCH3 is 1. The van der Waals surface area contributed by atoms with Crippen molar-refractivity contribution in [3.8, 4) is 0 Å². The number of ether oxygens (including phenoxy) is 1. The summed E-state index contributed by atoms with van der Waals surface area (Å²) in [4.78, 5) is 11.1. The molecular weight excluding hydrogens is 220 g/mol. The van der Waals surface area contributed by atoms with Gasteiger partial charge in [0, 0.05) is 12.6 Å². The van der Waals surface area contributed by atoms with Gasteiger partial charge in [-0.3, -0.25) is 4.79 Å². The summed E-state index contributed by atoms with van der Waals surface area (Å²) < 4.78 is 28.1. The van der Waals surface area contributed by atoms with Crippen LogP contribution in [-0.4, -0.2) is 38.4 Å². The second kappa shape index (κ2) is 4.91. The Bertz CT molecular complexity index is 328. The number of nitrogens with zero attached hydrogens (tertiary/aromatic N) is 1. The van der Waals surface area contributed by atoms with Crippen molar-refractivity contribution in [2.75, 3.05) is 13.7 Å². The average Bonchev–Trinajstić information content (AvgIpc) is 2.17. The maximum absolute atomic E-state index is 11.2. The van der Waals surface area contributed by atoms with E-state index in [1.165, 1.54) is 11.4 Å². The second-order valence-corrected chi connectivity index (χ2v) is 5.08. The topological polar surface area (TPSA) is 89.7 Å². The molecule has 2 N–H and O–H groups in total. The Morgan fingerprint density at radius 1 is 1.53 bits per heavy atom. The summed E-state index contributed by atoms with van der Waals surface area (Å²) in [5, 5.41) is 5.06. The van der Waals surface area contributed by atoms with Gasteiger partial charge in [-0.05, 0) is 12.8 Å². The zero-order chi connectivity index (χ0) is 11.5. The lowest BCUT2D eigenvalue weighted by molar-refractivity contribution is -0.141. The Morgan fingerprint density at radius 3 is 2.73 bits per heavy atom. The van der Waals surface area contributed by atoms with Gasteiger partial charge in [0.1, 0.15) is 0 Å². The fourth-order valence-corrected chi connectivity index (χ4v) is 2.77. The lowest BCUT2D eigenvalue weighted by Crippen LogP contribution is -2.47. The molecule has 0 aromatic carbocycles. The molecule has 7 heteroatoms. The van der Waals surface area contributed by atoms with Crippen molar-refractivity contribution in [2.45, 2.75) is 31.7 Å². The van der Waals surface area contributed by atoms with Gasteiger partial charge in [0.25, 0.3) is 10.2 Å². The Morgan fingerprint density at radius 2 is 2.20 bits per heavy atom. The smallest absolute Gasteiger partial charge is 0.307 e. The van der Waals surface area contributed by atoms with Crippen molar-refractivity contribution >= 4 is 16.2 Å². The summed E-state index contributed by atoms with van der Waals surface area (Å²) in [6, 6.07) is -0.346. The van der Waals surface area contributed by atoms with E-state index in [9.17, 15) is 13.2 Å². The number of esters is 1. The molecule has 0 aliphatic carbocycles. The number of carbonyl (C=O) groups is 1. The SMILES string of the molecule is COC(=O)CC1CCCCN1S(N)(=O)=O. The Balaban J connectivity index is 2.70. The van der Waals surface area contributed by atoms with E-state index in [1.807, 2.05) is 0 Å². The molecule has 0 amide bonds. The van der Waals surface area contributed by atoms with E-state index in [0.717, 1.165) is 12.8 Å². The van der Waals surface area contributed by atoms with Gasteiger partial charge >= 0.3 is 5.97 Å². The minimum atomic E-state index is -3.70. The standard InChI is InChI=1S/C8H16N2O4S/c1-14-8(11)6-7-4-2-3-5-10(7)15(9,12)13/h7H,2-6H2,1H3,(H2,9,12,13). The van der Waals surface area contributed by atoms with Crippen LogP contribution in [-0.2, 0) is 19.7 Å². The molecule has 1 saturated heterocycles. The Labute approximate surface area is 89.6 Å². The predicted octanol–water partition coefficient (Wildman–Crippen LogP) is -0.392. The summed E-state index contributed by atoms with van der Waals surface area (Å²) in [6.45, 7) is 0.389. The molecule has 1 fully saturated rings. The summed E-state index contributed by atoms with van der Waals surface area (Å²) in [6.07, 6.45) is 2.43. The maximum atomic E-state index is 11.2. The van der Waals surface area contributed by atoms with E-state index in [-0.39, 0.29) is 12.5 Å². The molecule has 0 spiro atoms. The van der Waals surface area contributed by atoms with E-state index in [0.29, 0.717) is 13.0 Å². The summed E-state index contributed by atoms with van der Waals surface area (Å²) in [5.74, 6) is -0.407. The van der Waals surface area contributed by atoms with Crippen LogP contribution in [0.4, 0.5) is 0 Å². The van der Waals surface area contributed by atoms with Crippen LogP contribution in [0.5, 0.6) is 0 Å². The van der Waals surface area contributed by atoms with Gasteiger partial charge in [-0.25, -0.2) is 5.14 Å². The number of rotatable bonds is 3. The molecule has 1 atom stereocenters. The lowest BCUT2D eigenvalue weighted by Gasteiger charge is -2.32. The fourth-order valence-electron chi connectivity index (χ4n) is 1.79. The maximum Gasteiger partial charge on any atom is 0.307 e. The highest BCUT2D eigenvalue weighted by Crippen LogP contribution is 2.21. The summed E-state index contributed by atoms with van der Waals surface area (Å²) in [7, 11) is -2.42. The van der Waals surface area contributed by atoms with E-state index in [4.69, 9.17) is 5.14 Å². The van der Waals surface area contributed by atoms with Gasteiger partial charge in [0.05, 0.1) is 13.5 Å². The molecule has 6 nitrogen and oxygen atoms in total. The molecule has 1 unspecified atom stereocenters. The Kier molecular flexibility index (Phi) is 4.06. The monoisotopic (exact) mass is 236 g/mol. The van der Waals surface area contributed by atoms with Crippen molar-refractivity contribution in [3.63, 3.8) is 0 Å². The fraction of sp³-hybridized carbons (Fsp3) is 0.875. The van der Waals surface area contributed by atoms with Crippen LogP contribution in [0.2, 0.25) is 0 Å². The summed E-state index contributed by atoms with van der Waals surface area (Å²) in [5.41, 5.74) is 0. The molecular formula is C8H16N2O4S. The molecule has 15 heavy (non-hydrogen) atoms. The molecule has 88 valence electrons. The molecule has 1 rings (SSSR count). The van der Waals surface area contributed by atoms with Gasteiger partial charge < -0.3 is 4.74 Å². The lowest BCUT2D eigenvalue weighted by atomic mass is 10.0. The van der Waals surface area contributed by atoms with Crippen LogP contribution in [0, 0.1) is 0 Å². The quantitative estimate of drug-likeness (QED) is 0.676. The van der Waals surface area contributed by atoms with Crippen molar-refractivity contribution in [1.82, 2.24) is 4.31 Å². The van der Waals surface area contributed by atoms with Crippen LogP contribution in [0.25, 0.3) is 0 Å². The third-order valence-corrected chi connectivity index (χ3v) is 3.66. The minimum absolute atomic E-state index is 0.0763. The van der Waals surface area contributed by atoms with Crippen LogP contribution >= 0.6 is 0 Å². The van der Waals surface area contributed by atoms with Gasteiger partial charge in [-0.1, -0.05) is 6.42 Å². The van der Waals surface area contributed by atoms with Gasteiger partial charge in [-0.15, -0.1) is 0 Å². The highest BCUT2D eigenvalue weighted by molar-refractivity contribution is 7.86.